The average Bonchev–Trinajstić information content (AvgIpc) is 3.26. The molecule has 0 radical (unpaired) electrons. The highest BCUT2D eigenvalue weighted by Crippen LogP contribution is 2.31. The van der Waals surface area contributed by atoms with Crippen LogP contribution in [0.3, 0.4) is 0 Å². The van der Waals surface area contributed by atoms with E-state index in [1.54, 1.807) is 11.0 Å². The van der Waals surface area contributed by atoms with Crippen molar-refractivity contribution in [1.29, 1.82) is 0 Å². The molecule has 0 saturated carbocycles. The van der Waals surface area contributed by atoms with Crippen molar-refractivity contribution >= 4 is 22.9 Å². The molecule has 8 heteroatoms. The Labute approximate surface area is 142 Å². The van der Waals surface area contributed by atoms with Crippen molar-refractivity contribution in [3.8, 4) is 5.69 Å². The smallest absolute Gasteiger partial charge is 0.212 e. The maximum absolute atomic E-state index is 5.95. The first-order valence-electron chi connectivity index (χ1n) is 7.84. The summed E-state index contributed by atoms with van der Waals surface area (Å²) in [6, 6.07) is 17.6. The van der Waals surface area contributed by atoms with Gasteiger partial charge in [-0.1, -0.05) is 30.3 Å². The van der Waals surface area contributed by atoms with E-state index >= 15 is 0 Å². The Bertz CT molecular complexity index is 1090. The maximum atomic E-state index is 5.95. The summed E-state index contributed by atoms with van der Waals surface area (Å²) in [6.45, 7) is 0. The van der Waals surface area contributed by atoms with Crippen molar-refractivity contribution in [2.45, 2.75) is 6.17 Å². The summed E-state index contributed by atoms with van der Waals surface area (Å²) in [6.07, 6.45) is 1.29. The molecule has 122 valence electrons. The first-order chi connectivity index (χ1) is 12.3. The molecule has 0 saturated heterocycles. The summed E-state index contributed by atoms with van der Waals surface area (Å²) < 4.78 is 1.98. The number of hydrogen-bond donors (Lipinski definition) is 2. The standard InChI is InChI=1S/C17H14N8/c18-16-21-15(13-10-19-25(23-13)11-6-2-1-3-7-11)24-14-9-5-4-8-12(14)20-17(24)22-16/h1-10,15H,(H3,18,20,21,22)/t15-/m1/s1. The Hall–Kier alpha value is -3.68. The number of benzene rings is 2. The van der Waals surface area contributed by atoms with Crippen molar-refractivity contribution < 1.29 is 0 Å². The van der Waals surface area contributed by atoms with E-state index in [1.807, 2.05) is 59.2 Å². The normalized spacial score (nSPS) is 16.3. The van der Waals surface area contributed by atoms with Gasteiger partial charge in [-0.15, -0.1) is 5.10 Å². The summed E-state index contributed by atoms with van der Waals surface area (Å²) in [5, 5.41) is 12.0. The third-order valence-electron chi connectivity index (χ3n) is 4.10. The molecule has 0 spiro atoms. The van der Waals surface area contributed by atoms with Crippen LogP contribution >= 0.6 is 0 Å². The monoisotopic (exact) mass is 330 g/mol. The summed E-state index contributed by atoms with van der Waals surface area (Å²) in [5.74, 6) is 0.954. The molecule has 3 N–H and O–H groups in total. The first kappa shape index (κ1) is 13.7. The van der Waals surface area contributed by atoms with Crippen molar-refractivity contribution in [3.63, 3.8) is 0 Å². The zero-order valence-electron chi connectivity index (χ0n) is 13.1. The van der Waals surface area contributed by atoms with Crippen LogP contribution < -0.4 is 11.1 Å². The second kappa shape index (κ2) is 5.17. The van der Waals surface area contributed by atoms with Crippen LogP contribution in [-0.2, 0) is 0 Å². The van der Waals surface area contributed by atoms with Crippen LogP contribution in [-0.4, -0.2) is 30.5 Å². The number of imidazole rings is 1. The molecule has 0 fully saturated rings. The van der Waals surface area contributed by atoms with Gasteiger partial charge in [-0.25, -0.2) is 9.98 Å². The third-order valence-corrected chi connectivity index (χ3v) is 4.10. The van der Waals surface area contributed by atoms with E-state index in [1.165, 1.54) is 0 Å². The number of nitrogens with two attached hydrogens (primary N) is 1. The highest BCUT2D eigenvalue weighted by atomic mass is 15.5. The minimum absolute atomic E-state index is 0.307. The van der Waals surface area contributed by atoms with Gasteiger partial charge in [0.2, 0.25) is 5.95 Å². The molecule has 1 aliphatic rings. The average molecular weight is 330 g/mol. The van der Waals surface area contributed by atoms with E-state index in [9.17, 15) is 0 Å². The van der Waals surface area contributed by atoms with E-state index in [0.717, 1.165) is 16.7 Å². The number of fused-ring (bicyclic) bond motifs is 3. The fourth-order valence-corrected chi connectivity index (χ4v) is 2.99. The lowest BCUT2D eigenvalue weighted by molar-refractivity contribution is 0.596. The number of aromatic nitrogens is 5. The van der Waals surface area contributed by atoms with E-state index < -0.39 is 6.17 Å². The quantitative estimate of drug-likeness (QED) is 0.585. The number of nitrogens with zero attached hydrogens (tertiary/aromatic N) is 6. The topological polar surface area (TPSA) is 98.9 Å². The number of rotatable bonds is 2. The number of anilines is 1. The molecule has 1 aliphatic heterocycles. The maximum Gasteiger partial charge on any atom is 0.212 e. The second-order valence-corrected chi connectivity index (χ2v) is 5.70. The van der Waals surface area contributed by atoms with Gasteiger partial charge in [-0.05, 0) is 24.3 Å². The highest BCUT2D eigenvalue weighted by molar-refractivity contribution is 5.94. The largest absolute Gasteiger partial charge is 0.370 e. The van der Waals surface area contributed by atoms with Gasteiger partial charge >= 0.3 is 0 Å². The Morgan fingerprint density at radius 2 is 1.80 bits per heavy atom. The lowest BCUT2D eigenvalue weighted by atomic mass is 10.3. The van der Waals surface area contributed by atoms with E-state index in [-0.39, 0.29) is 0 Å². The van der Waals surface area contributed by atoms with Crippen LogP contribution in [0.1, 0.15) is 11.9 Å². The van der Waals surface area contributed by atoms with E-state index in [0.29, 0.717) is 17.6 Å². The lowest BCUT2D eigenvalue weighted by Crippen LogP contribution is -2.31. The minimum Gasteiger partial charge on any atom is -0.370 e. The number of nitrogens with one attached hydrogen (secondary N) is 1. The minimum atomic E-state index is -0.416. The van der Waals surface area contributed by atoms with Gasteiger partial charge in [-0.2, -0.15) is 9.90 Å². The van der Waals surface area contributed by atoms with Gasteiger partial charge in [0.1, 0.15) is 5.69 Å². The second-order valence-electron chi connectivity index (χ2n) is 5.70. The van der Waals surface area contributed by atoms with Gasteiger partial charge in [0.15, 0.2) is 12.1 Å². The van der Waals surface area contributed by atoms with Crippen LogP contribution in [0.25, 0.3) is 16.7 Å². The van der Waals surface area contributed by atoms with Crippen LogP contribution in [0, 0.1) is 0 Å². The molecular weight excluding hydrogens is 316 g/mol. The molecule has 0 bridgehead atoms. The molecule has 2 aromatic carbocycles. The molecule has 0 unspecified atom stereocenters. The number of hydrogen-bond acceptors (Lipinski definition) is 6. The molecule has 25 heavy (non-hydrogen) atoms. The van der Waals surface area contributed by atoms with Gasteiger partial charge in [0.25, 0.3) is 0 Å². The zero-order chi connectivity index (χ0) is 16.8. The fourth-order valence-electron chi connectivity index (χ4n) is 2.99. The van der Waals surface area contributed by atoms with Crippen LogP contribution in [0.5, 0.6) is 0 Å². The fraction of sp³-hybridized carbons (Fsp3) is 0.0588. The Morgan fingerprint density at radius 3 is 2.68 bits per heavy atom. The molecule has 2 aromatic heterocycles. The van der Waals surface area contributed by atoms with Crippen LogP contribution in [0.2, 0.25) is 0 Å². The molecule has 5 rings (SSSR count). The third kappa shape index (κ3) is 2.15. The van der Waals surface area contributed by atoms with E-state index in [4.69, 9.17) is 5.73 Å². The first-order valence-corrected chi connectivity index (χ1v) is 7.84. The molecular formula is C17H14N8. The number of aliphatic imine (C=N–C) groups is 1. The highest BCUT2D eigenvalue weighted by Gasteiger charge is 2.27. The molecule has 1 atom stereocenters. The zero-order valence-corrected chi connectivity index (χ0v) is 13.1. The SMILES string of the molecule is NC1=N[C@@H](c2cnn(-c3ccccc3)n2)n2c(nc3ccccc32)N1. The van der Waals surface area contributed by atoms with Gasteiger partial charge < -0.3 is 5.73 Å². The molecule has 4 aromatic rings. The van der Waals surface area contributed by atoms with Crippen molar-refractivity contribution in [2.24, 2.45) is 10.7 Å². The van der Waals surface area contributed by atoms with Crippen molar-refractivity contribution in [1.82, 2.24) is 24.5 Å². The van der Waals surface area contributed by atoms with Crippen molar-refractivity contribution in [2.75, 3.05) is 5.32 Å². The lowest BCUT2D eigenvalue weighted by Gasteiger charge is -2.21. The van der Waals surface area contributed by atoms with Gasteiger partial charge in [-0.3, -0.25) is 9.88 Å². The summed E-state index contributed by atoms with van der Waals surface area (Å²) in [5.41, 5.74) is 9.35. The van der Waals surface area contributed by atoms with E-state index in [2.05, 4.69) is 25.5 Å². The Balaban J connectivity index is 1.65. The Morgan fingerprint density at radius 1 is 1.00 bits per heavy atom. The predicted octanol–water partition coefficient (Wildman–Crippen LogP) is 1.90. The molecule has 3 heterocycles. The molecule has 8 nitrogen and oxygen atoms in total. The summed E-state index contributed by atoms with van der Waals surface area (Å²) >= 11 is 0. The Kier molecular flexibility index (Phi) is 2.84. The van der Waals surface area contributed by atoms with Gasteiger partial charge in [0, 0.05) is 0 Å². The van der Waals surface area contributed by atoms with Gasteiger partial charge in [0.05, 0.1) is 22.9 Å². The summed E-state index contributed by atoms with van der Waals surface area (Å²) in [7, 11) is 0. The number of guanidine groups is 1. The predicted molar refractivity (Wildman–Crippen MR) is 94.5 cm³/mol. The summed E-state index contributed by atoms with van der Waals surface area (Å²) in [4.78, 5) is 10.7. The van der Waals surface area contributed by atoms with Crippen molar-refractivity contribution in [3.05, 3.63) is 66.5 Å². The molecule has 0 aliphatic carbocycles. The number of para-hydroxylation sites is 3. The van der Waals surface area contributed by atoms with Crippen LogP contribution in [0.15, 0.2) is 65.8 Å². The molecule has 0 amide bonds. The van der Waals surface area contributed by atoms with Crippen LogP contribution in [0.4, 0.5) is 5.95 Å².